The fourth-order valence-corrected chi connectivity index (χ4v) is 4.30. The van der Waals surface area contributed by atoms with Crippen LogP contribution in [0.25, 0.3) is 0 Å². The van der Waals surface area contributed by atoms with Gasteiger partial charge in [-0.05, 0) is 36.8 Å². The van der Waals surface area contributed by atoms with Crippen molar-refractivity contribution in [2.75, 3.05) is 46.9 Å². The summed E-state index contributed by atoms with van der Waals surface area (Å²) in [5.74, 6) is 1.43. The Kier molecular flexibility index (Phi) is 8.92. The Morgan fingerprint density at radius 2 is 1.71 bits per heavy atom. The first-order chi connectivity index (χ1) is 15.0. The Labute approximate surface area is 187 Å². The fraction of sp³-hybridized carbons (Fsp3) is 0.500. The number of benzene rings is 2. The number of carbonyl (C=O) groups excluding carboxylic acids is 1. The maximum Gasteiger partial charge on any atom is 0.226 e. The fourth-order valence-electron chi connectivity index (χ4n) is 4.30. The molecule has 0 bridgehead atoms. The average Bonchev–Trinajstić information content (AvgIpc) is 2.79. The van der Waals surface area contributed by atoms with Gasteiger partial charge in [-0.25, -0.2) is 0 Å². The summed E-state index contributed by atoms with van der Waals surface area (Å²) in [5, 5.41) is 0. The van der Waals surface area contributed by atoms with Crippen molar-refractivity contribution in [3.63, 3.8) is 0 Å². The van der Waals surface area contributed by atoms with E-state index in [-0.39, 0.29) is 5.92 Å². The van der Waals surface area contributed by atoms with Crippen molar-refractivity contribution in [2.45, 2.75) is 32.9 Å². The number of hydrogen-bond acceptors (Lipinski definition) is 2. The second-order valence-corrected chi connectivity index (χ2v) is 8.98. The maximum atomic E-state index is 13.4. The van der Waals surface area contributed by atoms with Gasteiger partial charge >= 0.3 is 0 Å². The number of hydrogen-bond donors (Lipinski definition) is 2. The summed E-state index contributed by atoms with van der Waals surface area (Å²) in [6.45, 7) is 8.34. The largest absolute Gasteiger partial charge is 0.494 e. The molecule has 1 amide bonds. The van der Waals surface area contributed by atoms with E-state index < -0.39 is 0 Å². The molecule has 1 fully saturated rings. The quantitative estimate of drug-likeness (QED) is 0.597. The van der Waals surface area contributed by atoms with Gasteiger partial charge in [0.2, 0.25) is 5.91 Å². The summed E-state index contributed by atoms with van der Waals surface area (Å²) >= 11 is 0. The molecule has 2 N–H and O–H groups in total. The number of nitrogens with one attached hydrogen (secondary N) is 2. The highest BCUT2D eigenvalue weighted by atomic mass is 16.5. The van der Waals surface area contributed by atoms with Crippen molar-refractivity contribution in [1.82, 2.24) is 4.90 Å². The Hall–Kier alpha value is -2.37. The summed E-state index contributed by atoms with van der Waals surface area (Å²) in [6, 6.07) is 18.8. The number of ether oxygens (including phenoxy) is 1. The Bertz CT molecular complexity index is 784. The zero-order valence-electron chi connectivity index (χ0n) is 19.4. The highest BCUT2D eigenvalue weighted by molar-refractivity contribution is 5.79. The van der Waals surface area contributed by atoms with Gasteiger partial charge in [0.25, 0.3) is 0 Å². The van der Waals surface area contributed by atoms with Crippen molar-refractivity contribution in [3.05, 3.63) is 65.7 Å². The van der Waals surface area contributed by atoms with E-state index in [0.29, 0.717) is 19.1 Å². The van der Waals surface area contributed by atoms with E-state index in [2.05, 4.69) is 67.5 Å². The molecule has 3 rings (SSSR count). The molecule has 2 aromatic rings. The van der Waals surface area contributed by atoms with Crippen LogP contribution in [0.4, 0.5) is 0 Å². The molecule has 168 valence electrons. The van der Waals surface area contributed by atoms with Gasteiger partial charge in [0.15, 0.2) is 0 Å². The number of likely N-dealkylation sites (tertiary alicyclic amines) is 1. The van der Waals surface area contributed by atoms with Crippen molar-refractivity contribution >= 4 is 5.91 Å². The number of carbonyl (C=O) groups is 1. The molecule has 0 spiro atoms. The van der Waals surface area contributed by atoms with E-state index in [1.54, 1.807) is 4.90 Å². The lowest BCUT2D eigenvalue weighted by atomic mass is 9.94. The SMILES string of the molecule is CCOc1ccc(C[NH+]2CCC(C(=O)N(CC[NH+](C)C)Cc3ccccc3)CC2)cc1. The number of rotatable bonds is 10. The molecule has 5 nitrogen and oxygen atoms in total. The van der Waals surface area contributed by atoms with Gasteiger partial charge in [-0.15, -0.1) is 0 Å². The van der Waals surface area contributed by atoms with Crippen LogP contribution >= 0.6 is 0 Å². The average molecular weight is 426 g/mol. The van der Waals surface area contributed by atoms with Crippen LogP contribution in [-0.2, 0) is 17.9 Å². The van der Waals surface area contributed by atoms with Crippen LogP contribution in [0.1, 0.15) is 30.9 Å². The van der Waals surface area contributed by atoms with E-state index in [1.165, 1.54) is 16.0 Å². The van der Waals surface area contributed by atoms with Crippen LogP contribution in [0.15, 0.2) is 54.6 Å². The molecule has 0 unspecified atom stereocenters. The van der Waals surface area contributed by atoms with Gasteiger partial charge in [0.1, 0.15) is 12.3 Å². The third-order valence-electron chi connectivity index (χ3n) is 6.14. The van der Waals surface area contributed by atoms with Crippen LogP contribution in [0.2, 0.25) is 0 Å². The van der Waals surface area contributed by atoms with Crippen LogP contribution in [0.3, 0.4) is 0 Å². The monoisotopic (exact) mass is 425 g/mol. The predicted molar refractivity (Wildman–Crippen MR) is 124 cm³/mol. The molecule has 2 aromatic carbocycles. The highest BCUT2D eigenvalue weighted by Crippen LogP contribution is 2.17. The van der Waals surface area contributed by atoms with Gasteiger partial charge in [-0.1, -0.05) is 30.3 Å². The summed E-state index contributed by atoms with van der Waals surface area (Å²) < 4.78 is 5.54. The lowest BCUT2D eigenvalue weighted by Gasteiger charge is -2.32. The van der Waals surface area contributed by atoms with Crippen molar-refractivity contribution < 1.29 is 19.3 Å². The van der Waals surface area contributed by atoms with E-state index in [1.807, 2.05) is 13.0 Å². The minimum atomic E-state index is 0.157. The number of amides is 1. The Morgan fingerprint density at radius 3 is 2.32 bits per heavy atom. The molecule has 1 heterocycles. The predicted octanol–water partition coefficient (Wildman–Crippen LogP) is 1.05. The minimum absolute atomic E-state index is 0.157. The van der Waals surface area contributed by atoms with Gasteiger partial charge in [0, 0.05) is 30.9 Å². The molecule has 31 heavy (non-hydrogen) atoms. The summed E-state index contributed by atoms with van der Waals surface area (Å²) in [7, 11) is 4.29. The Balaban J connectivity index is 1.53. The molecule has 0 radical (unpaired) electrons. The van der Waals surface area contributed by atoms with E-state index in [4.69, 9.17) is 4.74 Å². The smallest absolute Gasteiger partial charge is 0.226 e. The molecule has 0 atom stereocenters. The summed E-state index contributed by atoms with van der Waals surface area (Å²) in [6.07, 6.45) is 1.95. The zero-order valence-corrected chi connectivity index (χ0v) is 19.4. The van der Waals surface area contributed by atoms with Crippen LogP contribution in [-0.4, -0.2) is 57.7 Å². The molecule has 0 saturated carbocycles. The second kappa shape index (κ2) is 11.9. The number of piperidine rings is 1. The second-order valence-electron chi connectivity index (χ2n) is 8.98. The third-order valence-corrected chi connectivity index (χ3v) is 6.14. The lowest BCUT2D eigenvalue weighted by molar-refractivity contribution is -0.919. The first-order valence-electron chi connectivity index (χ1n) is 11.7. The maximum absolute atomic E-state index is 13.4. The molecule has 1 aliphatic heterocycles. The summed E-state index contributed by atoms with van der Waals surface area (Å²) in [5.41, 5.74) is 2.55. The Morgan fingerprint density at radius 1 is 1.03 bits per heavy atom. The molecular weight excluding hydrogens is 386 g/mol. The van der Waals surface area contributed by atoms with Gasteiger partial charge < -0.3 is 19.4 Å². The van der Waals surface area contributed by atoms with Gasteiger partial charge in [-0.2, -0.15) is 0 Å². The first kappa shape index (κ1) is 23.3. The molecule has 0 aliphatic carbocycles. The molecule has 1 saturated heterocycles. The third kappa shape index (κ3) is 7.37. The van der Waals surface area contributed by atoms with Crippen molar-refractivity contribution in [2.24, 2.45) is 5.92 Å². The van der Waals surface area contributed by atoms with Gasteiger partial charge in [-0.3, -0.25) is 4.79 Å². The zero-order chi connectivity index (χ0) is 22.1. The van der Waals surface area contributed by atoms with E-state index >= 15 is 0 Å². The summed E-state index contributed by atoms with van der Waals surface area (Å²) in [4.78, 5) is 18.4. The van der Waals surface area contributed by atoms with Crippen molar-refractivity contribution in [3.8, 4) is 5.75 Å². The van der Waals surface area contributed by atoms with Crippen molar-refractivity contribution in [1.29, 1.82) is 0 Å². The lowest BCUT2D eigenvalue weighted by Crippen LogP contribution is -3.11. The van der Waals surface area contributed by atoms with Crippen LogP contribution in [0.5, 0.6) is 5.75 Å². The minimum Gasteiger partial charge on any atom is -0.494 e. The van der Waals surface area contributed by atoms with E-state index in [0.717, 1.165) is 51.3 Å². The highest BCUT2D eigenvalue weighted by Gasteiger charge is 2.30. The standard InChI is InChI=1S/C26H37N3O2/c1-4-31-25-12-10-23(11-13-25)20-28-16-14-24(15-17-28)26(30)29(19-18-27(2)3)21-22-8-6-5-7-9-22/h5-13,24H,4,14-21H2,1-3H3/p+2. The number of quaternary nitrogens is 2. The van der Waals surface area contributed by atoms with E-state index in [9.17, 15) is 4.79 Å². The number of likely N-dealkylation sites (N-methyl/N-ethyl adjacent to an activating group) is 1. The van der Waals surface area contributed by atoms with Crippen LogP contribution in [0, 0.1) is 5.92 Å². The first-order valence-corrected chi connectivity index (χ1v) is 11.7. The molecule has 1 aliphatic rings. The van der Waals surface area contributed by atoms with Gasteiger partial charge in [0.05, 0.1) is 46.9 Å². The normalized spacial score (nSPS) is 18.7. The molecule has 5 heteroatoms. The molecular formula is C26H39N3O2+2. The molecule has 0 aromatic heterocycles. The van der Waals surface area contributed by atoms with Crippen LogP contribution < -0.4 is 14.5 Å². The number of nitrogens with zero attached hydrogens (tertiary/aromatic N) is 1. The topological polar surface area (TPSA) is 38.4 Å².